The van der Waals surface area contributed by atoms with Crippen molar-refractivity contribution in [3.8, 4) is 5.75 Å². The second-order valence-electron chi connectivity index (χ2n) is 5.16. The Morgan fingerprint density at radius 3 is 2.50 bits per heavy atom. The number of rotatable bonds is 3. The molecule has 16 heavy (non-hydrogen) atoms. The van der Waals surface area contributed by atoms with E-state index in [1.807, 2.05) is 0 Å². The number of hydrogen-bond donors (Lipinski definition) is 1. The highest BCUT2D eigenvalue weighted by Gasteiger charge is 2.63. The molecule has 0 aromatic heterocycles. The lowest BCUT2D eigenvalue weighted by molar-refractivity contribution is 0.385. The molecule has 1 saturated carbocycles. The van der Waals surface area contributed by atoms with E-state index in [1.165, 1.54) is 6.07 Å². The standard InChI is InChI=1S/C13H18FNO/c1-12(2)7-13(12,8-15)11-9(14)5-4-6-10(11)16-3/h4-6H,7-8,15H2,1-3H3. The van der Waals surface area contributed by atoms with Gasteiger partial charge < -0.3 is 10.5 Å². The minimum absolute atomic E-state index is 0.0528. The van der Waals surface area contributed by atoms with Crippen molar-refractivity contribution in [2.75, 3.05) is 13.7 Å². The van der Waals surface area contributed by atoms with E-state index in [-0.39, 0.29) is 16.6 Å². The molecule has 2 nitrogen and oxygen atoms in total. The first-order chi connectivity index (χ1) is 7.48. The second-order valence-corrected chi connectivity index (χ2v) is 5.16. The lowest BCUT2D eigenvalue weighted by atomic mass is 9.87. The molecule has 0 radical (unpaired) electrons. The SMILES string of the molecule is COc1cccc(F)c1C1(CN)CC1(C)C. The van der Waals surface area contributed by atoms with Gasteiger partial charge in [0.05, 0.1) is 7.11 Å². The minimum atomic E-state index is -0.260. The molecule has 1 aliphatic rings. The molecule has 0 saturated heterocycles. The Bertz CT molecular complexity index is 416. The van der Waals surface area contributed by atoms with Crippen LogP contribution in [0, 0.1) is 11.2 Å². The van der Waals surface area contributed by atoms with Crippen molar-refractivity contribution in [3.63, 3.8) is 0 Å². The zero-order chi connectivity index (χ0) is 12.0. The Morgan fingerprint density at radius 1 is 1.44 bits per heavy atom. The van der Waals surface area contributed by atoms with Gasteiger partial charge in [0.2, 0.25) is 0 Å². The Hall–Kier alpha value is -1.09. The Balaban J connectivity index is 2.56. The van der Waals surface area contributed by atoms with Crippen molar-refractivity contribution in [2.45, 2.75) is 25.7 Å². The molecule has 3 heteroatoms. The van der Waals surface area contributed by atoms with E-state index in [1.54, 1.807) is 19.2 Å². The van der Waals surface area contributed by atoms with Crippen molar-refractivity contribution < 1.29 is 9.13 Å². The number of methoxy groups -OCH3 is 1. The summed E-state index contributed by atoms with van der Waals surface area (Å²) < 4.78 is 19.2. The summed E-state index contributed by atoms with van der Waals surface area (Å²) in [4.78, 5) is 0. The fraction of sp³-hybridized carbons (Fsp3) is 0.538. The molecule has 0 spiro atoms. The fourth-order valence-electron chi connectivity index (χ4n) is 2.73. The van der Waals surface area contributed by atoms with E-state index in [0.717, 1.165) is 6.42 Å². The summed E-state index contributed by atoms with van der Waals surface area (Å²) in [7, 11) is 1.57. The molecular formula is C13H18FNO. The zero-order valence-corrected chi connectivity index (χ0v) is 10.0. The molecule has 2 N–H and O–H groups in total. The third kappa shape index (κ3) is 1.34. The average molecular weight is 223 g/mol. The van der Waals surface area contributed by atoms with E-state index in [0.29, 0.717) is 17.9 Å². The summed E-state index contributed by atoms with van der Waals surface area (Å²) in [6, 6.07) is 4.94. The molecule has 0 bridgehead atoms. The number of nitrogens with two attached hydrogens (primary N) is 1. The van der Waals surface area contributed by atoms with Gasteiger partial charge in [-0.2, -0.15) is 0 Å². The van der Waals surface area contributed by atoms with Gasteiger partial charge in [0.25, 0.3) is 0 Å². The predicted molar refractivity (Wildman–Crippen MR) is 62.1 cm³/mol. The summed E-state index contributed by atoms with van der Waals surface area (Å²) in [5.74, 6) is 0.395. The number of halogens is 1. The molecule has 1 aliphatic carbocycles. The van der Waals surface area contributed by atoms with Crippen molar-refractivity contribution in [2.24, 2.45) is 11.1 Å². The molecule has 1 fully saturated rings. The van der Waals surface area contributed by atoms with Crippen molar-refractivity contribution in [1.82, 2.24) is 0 Å². The maximum Gasteiger partial charge on any atom is 0.130 e. The Labute approximate surface area is 95.6 Å². The smallest absolute Gasteiger partial charge is 0.130 e. The van der Waals surface area contributed by atoms with Crippen LogP contribution in [0.15, 0.2) is 18.2 Å². The van der Waals surface area contributed by atoms with Crippen LogP contribution in [0.3, 0.4) is 0 Å². The topological polar surface area (TPSA) is 35.2 Å². The largest absolute Gasteiger partial charge is 0.496 e. The fourth-order valence-corrected chi connectivity index (χ4v) is 2.73. The van der Waals surface area contributed by atoms with E-state index in [4.69, 9.17) is 10.5 Å². The molecule has 1 atom stereocenters. The highest BCUT2D eigenvalue weighted by Crippen LogP contribution is 2.65. The van der Waals surface area contributed by atoms with Crippen molar-refractivity contribution in [1.29, 1.82) is 0 Å². The predicted octanol–water partition coefficient (Wildman–Crippen LogP) is 2.46. The van der Waals surface area contributed by atoms with Gasteiger partial charge in [-0.15, -0.1) is 0 Å². The van der Waals surface area contributed by atoms with E-state index >= 15 is 0 Å². The van der Waals surface area contributed by atoms with Crippen LogP contribution in [0.5, 0.6) is 5.75 Å². The van der Waals surface area contributed by atoms with Crippen molar-refractivity contribution >= 4 is 0 Å². The first-order valence-corrected chi connectivity index (χ1v) is 5.51. The maximum atomic E-state index is 14.0. The van der Waals surface area contributed by atoms with Gasteiger partial charge in [-0.3, -0.25) is 0 Å². The summed E-state index contributed by atoms with van der Waals surface area (Å²) in [6.07, 6.45) is 0.911. The third-order valence-electron chi connectivity index (χ3n) is 3.94. The zero-order valence-electron chi connectivity index (χ0n) is 10.0. The van der Waals surface area contributed by atoms with E-state index < -0.39 is 0 Å². The van der Waals surface area contributed by atoms with Gasteiger partial charge in [-0.1, -0.05) is 19.9 Å². The Kier molecular flexibility index (Phi) is 2.46. The van der Waals surface area contributed by atoms with Gasteiger partial charge in [0.1, 0.15) is 11.6 Å². The maximum absolute atomic E-state index is 14.0. The summed E-state index contributed by atoms with van der Waals surface area (Å²) in [5.41, 5.74) is 6.28. The third-order valence-corrected chi connectivity index (χ3v) is 3.94. The molecule has 2 rings (SSSR count). The molecule has 1 aromatic carbocycles. The number of benzene rings is 1. The second kappa shape index (κ2) is 3.45. The van der Waals surface area contributed by atoms with E-state index in [9.17, 15) is 4.39 Å². The number of ether oxygens (including phenoxy) is 1. The monoisotopic (exact) mass is 223 g/mol. The molecule has 1 aromatic rings. The van der Waals surface area contributed by atoms with Crippen LogP contribution >= 0.6 is 0 Å². The van der Waals surface area contributed by atoms with Gasteiger partial charge in [0.15, 0.2) is 0 Å². The molecule has 0 amide bonds. The summed E-state index contributed by atoms with van der Waals surface area (Å²) in [5, 5.41) is 0. The lowest BCUT2D eigenvalue weighted by Gasteiger charge is -2.22. The normalized spacial score (nSPS) is 26.6. The van der Waals surface area contributed by atoms with Crippen LogP contribution in [0.25, 0.3) is 0 Å². The molecular weight excluding hydrogens is 205 g/mol. The summed E-state index contributed by atoms with van der Waals surface area (Å²) in [6.45, 7) is 4.69. The molecule has 0 aliphatic heterocycles. The first-order valence-electron chi connectivity index (χ1n) is 5.51. The highest BCUT2D eigenvalue weighted by atomic mass is 19.1. The number of hydrogen-bond acceptors (Lipinski definition) is 2. The lowest BCUT2D eigenvalue weighted by Crippen LogP contribution is -2.27. The van der Waals surface area contributed by atoms with Crippen LogP contribution in [0.1, 0.15) is 25.8 Å². The molecule has 1 unspecified atom stereocenters. The van der Waals surface area contributed by atoms with Crippen LogP contribution in [0.2, 0.25) is 0 Å². The van der Waals surface area contributed by atoms with Crippen LogP contribution in [-0.4, -0.2) is 13.7 Å². The quantitative estimate of drug-likeness (QED) is 0.854. The minimum Gasteiger partial charge on any atom is -0.496 e. The van der Waals surface area contributed by atoms with Crippen LogP contribution in [-0.2, 0) is 5.41 Å². The first kappa shape index (κ1) is 11.4. The van der Waals surface area contributed by atoms with Crippen LogP contribution < -0.4 is 10.5 Å². The highest BCUT2D eigenvalue weighted by molar-refractivity contribution is 5.47. The van der Waals surface area contributed by atoms with Gasteiger partial charge in [-0.25, -0.2) is 4.39 Å². The van der Waals surface area contributed by atoms with Gasteiger partial charge >= 0.3 is 0 Å². The Morgan fingerprint density at radius 2 is 2.06 bits per heavy atom. The van der Waals surface area contributed by atoms with Gasteiger partial charge in [0, 0.05) is 17.5 Å². The average Bonchev–Trinajstić information content (AvgIpc) is 2.81. The van der Waals surface area contributed by atoms with Crippen LogP contribution in [0.4, 0.5) is 4.39 Å². The molecule has 0 heterocycles. The van der Waals surface area contributed by atoms with Crippen molar-refractivity contribution in [3.05, 3.63) is 29.6 Å². The van der Waals surface area contributed by atoms with Gasteiger partial charge in [-0.05, 0) is 24.0 Å². The van der Waals surface area contributed by atoms with E-state index in [2.05, 4.69) is 13.8 Å². The molecule has 88 valence electrons. The summed E-state index contributed by atoms with van der Waals surface area (Å²) >= 11 is 0.